The SMILES string of the molecule is CN(c1cc(C(N)=O)c(N)cn1)C1CC1. The fourth-order valence-electron chi connectivity index (χ4n) is 1.51. The monoisotopic (exact) mass is 206 g/mol. The largest absolute Gasteiger partial charge is 0.397 e. The molecule has 1 amide bonds. The summed E-state index contributed by atoms with van der Waals surface area (Å²) in [5, 5.41) is 0. The molecule has 15 heavy (non-hydrogen) atoms. The van der Waals surface area contributed by atoms with Crippen molar-refractivity contribution in [1.29, 1.82) is 0 Å². The fraction of sp³-hybridized carbons (Fsp3) is 0.400. The van der Waals surface area contributed by atoms with Crippen molar-refractivity contribution in [3.8, 4) is 0 Å². The first-order chi connectivity index (χ1) is 7.09. The Morgan fingerprint density at radius 1 is 1.60 bits per heavy atom. The van der Waals surface area contributed by atoms with Crippen LogP contribution in [0.25, 0.3) is 0 Å². The number of carbonyl (C=O) groups excluding carboxylic acids is 1. The maximum Gasteiger partial charge on any atom is 0.250 e. The van der Waals surface area contributed by atoms with E-state index in [4.69, 9.17) is 11.5 Å². The zero-order valence-electron chi connectivity index (χ0n) is 8.60. The van der Waals surface area contributed by atoms with Gasteiger partial charge in [-0.3, -0.25) is 4.79 Å². The summed E-state index contributed by atoms with van der Waals surface area (Å²) in [6, 6.07) is 2.19. The average molecular weight is 206 g/mol. The van der Waals surface area contributed by atoms with E-state index in [1.807, 2.05) is 11.9 Å². The second kappa shape index (κ2) is 3.42. The van der Waals surface area contributed by atoms with Crippen molar-refractivity contribution >= 4 is 17.4 Å². The maximum absolute atomic E-state index is 11.1. The van der Waals surface area contributed by atoms with E-state index in [-0.39, 0.29) is 0 Å². The molecule has 1 heterocycles. The Labute approximate surface area is 88.1 Å². The highest BCUT2D eigenvalue weighted by molar-refractivity contribution is 5.98. The van der Waals surface area contributed by atoms with Gasteiger partial charge in [-0.2, -0.15) is 0 Å². The lowest BCUT2D eigenvalue weighted by molar-refractivity contribution is 0.100. The van der Waals surface area contributed by atoms with Crippen molar-refractivity contribution in [2.45, 2.75) is 18.9 Å². The fourth-order valence-corrected chi connectivity index (χ4v) is 1.51. The molecule has 0 saturated heterocycles. The second-order valence-corrected chi connectivity index (χ2v) is 3.84. The predicted octanol–water partition coefficient (Wildman–Crippen LogP) is 0.361. The molecule has 1 aromatic rings. The smallest absolute Gasteiger partial charge is 0.250 e. The highest BCUT2D eigenvalue weighted by atomic mass is 16.1. The zero-order chi connectivity index (χ0) is 11.0. The van der Waals surface area contributed by atoms with Gasteiger partial charge in [0.1, 0.15) is 5.82 Å². The van der Waals surface area contributed by atoms with Crippen molar-refractivity contribution in [2.75, 3.05) is 17.7 Å². The molecule has 0 aliphatic heterocycles. The van der Waals surface area contributed by atoms with Gasteiger partial charge in [0.25, 0.3) is 5.91 Å². The Balaban J connectivity index is 2.32. The summed E-state index contributed by atoms with van der Waals surface area (Å²) in [4.78, 5) is 17.3. The van der Waals surface area contributed by atoms with Crippen LogP contribution in [0.15, 0.2) is 12.3 Å². The van der Waals surface area contributed by atoms with E-state index < -0.39 is 5.91 Å². The Hall–Kier alpha value is -1.78. The topological polar surface area (TPSA) is 85.2 Å². The zero-order valence-corrected chi connectivity index (χ0v) is 8.60. The van der Waals surface area contributed by atoms with E-state index in [0.717, 1.165) is 5.82 Å². The van der Waals surface area contributed by atoms with Crippen LogP contribution in [0.3, 0.4) is 0 Å². The lowest BCUT2D eigenvalue weighted by atomic mass is 10.2. The number of hydrogen-bond acceptors (Lipinski definition) is 4. The van der Waals surface area contributed by atoms with Crippen molar-refractivity contribution in [1.82, 2.24) is 4.98 Å². The van der Waals surface area contributed by atoms with Gasteiger partial charge < -0.3 is 16.4 Å². The van der Waals surface area contributed by atoms with Gasteiger partial charge in [0, 0.05) is 13.1 Å². The van der Waals surface area contributed by atoms with E-state index in [2.05, 4.69) is 4.98 Å². The molecule has 5 heteroatoms. The summed E-state index contributed by atoms with van der Waals surface area (Å²) in [7, 11) is 1.96. The number of nitrogen functional groups attached to an aromatic ring is 1. The molecule has 2 rings (SSSR count). The summed E-state index contributed by atoms with van der Waals surface area (Å²) in [5.41, 5.74) is 11.5. The van der Waals surface area contributed by atoms with Crippen molar-refractivity contribution in [3.05, 3.63) is 17.8 Å². The Bertz CT molecular complexity index is 400. The maximum atomic E-state index is 11.1. The summed E-state index contributed by atoms with van der Waals surface area (Å²) in [6.45, 7) is 0. The quantitative estimate of drug-likeness (QED) is 0.747. The van der Waals surface area contributed by atoms with Gasteiger partial charge in [0.2, 0.25) is 0 Å². The number of hydrogen-bond donors (Lipinski definition) is 2. The summed E-state index contributed by atoms with van der Waals surface area (Å²) in [5.74, 6) is 0.237. The van der Waals surface area contributed by atoms with Gasteiger partial charge in [-0.25, -0.2) is 4.98 Å². The van der Waals surface area contributed by atoms with Crippen molar-refractivity contribution < 1.29 is 4.79 Å². The van der Waals surface area contributed by atoms with Crippen LogP contribution >= 0.6 is 0 Å². The first kappa shape index (κ1) is 9.76. The molecular weight excluding hydrogens is 192 g/mol. The molecule has 0 spiro atoms. The van der Waals surface area contributed by atoms with Crippen molar-refractivity contribution in [3.63, 3.8) is 0 Å². The Morgan fingerprint density at radius 3 is 2.80 bits per heavy atom. The molecule has 0 bridgehead atoms. The van der Waals surface area contributed by atoms with Crippen LogP contribution in [0.5, 0.6) is 0 Å². The molecule has 4 N–H and O–H groups in total. The summed E-state index contributed by atoms with van der Waals surface area (Å²) < 4.78 is 0. The number of aromatic nitrogens is 1. The number of primary amides is 1. The highest BCUT2D eigenvalue weighted by Crippen LogP contribution is 2.29. The molecule has 0 aromatic carbocycles. The predicted molar refractivity (Wildman–Crippen MR) is 58.6 cm³/mol. The third-order valence-corrected chi connectivity index (χ3v) is 2.64. The minimum Gasteiger partial charge on any atom is -0.397 e. The number of anilines is 2. The van der Waals surface area contributed by atoms with Gasteiger partial charge in [0.05, 0.1) is 17.4 Å². The molecule has 1 aliphatic rings. The lowest BCUT2D eigenvalue weighted by Crippen LogP contribution is -2.22. The van der Waals surface area contributed by atoms with Crippen LogP contribution in [0.2, 0.25) is 0 Å². The first-order valence-electron chi connectivity index (χ1n) is 4.87. The minimum atomic E-state index is -0.514. The molecule has 1 saturated carbocycles. The van der Waals surface area contributed by atoms with E-state index in [9.17, 15) is 4.79 Å². The Morgan fingerprint density at radius 2 is 2.27 bits per heavy atom. The van der Waals surface area contributed by atoms with Gasteiger partial charge in [-0.1, -0.05) is 0 Å². The van der Waals surface area contributed by atoms with Crippen molar-refractivity contribution in [2.24, 2.45) is 5.73 Å². The molecule has 5 nitrogen and oxygen atoms in total. The van der Waals surface area contributed by atoms with Gasteiger partial charge in [-0.05, 0) is 18.9 Å². The first-order valence-corrected chi connectivity index (χ1v) is 4.87. The Kier molecular flexibility index (Phi) is 2.22. The summed E-state index contributed by atoms with van der Waals surface area (Å²) in [6.07, 6.45) is 3.83. The molecule has 80 valence electrons. The van der Waals surface area contributed by atoms with Crippen LogP contribution in [0.4, 0.5) is 11.5 Å². The minimum absolute atomic E-state index is 0.329. The van der Waals surface area contributed by atoms with Gasteiger partial charge in [0.15, 0.2) is 0 Å². The van der Waals surface area contributed by atoms with Crippen LogP contribution in [0, 0.1) is 0 Å². The summed E-state index contributed by atoms with van der Waals surface area (Å²) >= 11 is 0. The second-order valence-electron chi connectivity index (χ2n) is 3.84. The molecule has 1 aliphatic carbocycles. The normalized spacial score (nSPS) is 15.0. The van der Waals surface area contributed by atoms with E-state index in [1.54, 1.807) is 6.07 Å². The highest BCUT2D eigenvalue weighted by Gasteiger charge is 2.27. The number of rotatable bonds is 3. The van der Waals surface area contributed by atoms with Gasteiger partial charge in [-0.15, -0.1) is 0 Å². The van der Waals surface area contributed by atoms with E-state index in [1.165, 1.54) is 19.0 Å². The third-order valence-electron chi connectivity index (χ3n) is 2.64. The lowest BCUT2D eigenvalue weighted by Gasteiger charge is -2.18. The van der Waals surface area contributed by atoms with Crippen LogP contribution in [-0.4, -0.2) is 24.0 Å². The van der Waals surface area contributed by atoms with Crippen LogP contribution in [0.1, 0.15) is 23.2 Å². The van der Waals surface area contributed by atoms with E-state index >= 15 is 0 Å². The molecule has 0 radical (unpaired) electrons. The number of nitrogens with zero attached hydrogens (tertiary/aromatic N) is 2. The molecule has 1 fully saturated rings. The number of carbonyl (C=O) groups is 1. The average Bonchev–Trinajstić information content (AvgIpc) is 3.00. The third kappa shape index (κ3) is 1.86. The molecular formula is C10H14N4O. The number of pyridine rings is 1. The van der Waals surface area contributed by atoms with Gasteiger partial charge >= 0.3 is 0 Å². The standard InChI is InChI=1S/C10H14N4O/c1-14(6-2-3-6)9-4-7(10(12)15)8(11)5-13-9/h4-6H,2-3,11H2,1H3,(H2,12,15). The van der Waals surface area contributed by atoms with Crippen LogP contribution < -0.4 is 16.4 Å². The molecule has 0 unspecified atom stereocenters. The molecule has 0 atom stereocenters. The van der Waals surface area contributed by atoms with Crippen LogP contribution in [-0.2, 0) is 0 Å². The number of amides is 1. The molecule has 1 aromatic heterocycles. The number of nitrogens with two attached hydrogens (primary N) is 2. The van der Waals surface area contributed by atoms with E-state index in [0.29, 0.717) is 17.3 Å².